The Hall–Kier alpha value is -1.39. The lowest BCUT2D eigenvalue weighted by Gasteiger charge is -2.06. The van der Waals surface area contributed by atoms with Crippen LogP contribution in [0.2, 0.25) is 0 Å². The van der Waals surface area contributed by atoms with Crippen molar-refractivity contribution in [2.75, 3.05) is 6.54 Å². The number of hydrazine groups is 1. The zero-order valence-electron chi connectivity index (χ0n) is 9.62. The Bertz CT molecular complexity index is 322. The Morgan fingerprint density at radius 3 is 2.56 bits per heavy atom. The normalized spacial score (nSPS) is 10.1. The van der Waals surface area contributed by atoms with Crippen LogP contribution in [0.4, 0.5) is 0 Å². The number of carbonyl (C=O) groups excluding carboxylic acids is 1. The van der Waals surface area contributed by atoms with Gasteiger partial charge in [-0.3, -0.25) is 10.2 Å². The molecule has 0 saturated carbocycles. The summed E-state index contributed by atoms with van der Waals surface area (Å²) in [5.74, 6) is -0.111. The molecule has 0 heterocycles. The van der Waals surface area contributed by atoms with Gasteiger partial charge in [0.1, 0.15) is 0 Å². The van der Waals surface area contributed by atoms with Crippen LogP contribution < -0.4 is 16.6 Å². The lowest BCUT2D eigenvalue weighted by atomic mass is 10.1. The molecule has 0 unspecified atom stereocenters. The molecule has 1 rings (SSSR count). The number of benzene rings is 1. The summed E-state index contributed by atoms with van der Waals surface area (Å²) in [6.45, 7) is 3.40. The molecule has 0 spiro atoms. The highest BCUT2D eigenvalue weighted by molar-refractivity contribution is 5.93. The van der Waals surface area contributed by atoms with Gasteiger partial charge in [-0.15, -0.1) is 0 Å². The zero-order chi connectivity index (χ0) is 11.8. The minimum Gasteiger partial charge on any atom is -0.326 e. The van der Waals surface area contributed by atoms with Crippen molar-refractivity contribution in [3.63, 3.8) is 0 Å². The van der Waals surface area contributed by atoms with E-state index in [-0.39, 0.29) is 5.91 Å². The fourth-order valence-electron chi connectivity index (χ4n) is 1.27. The van der Waals surface area contributed by atoms with Crippen LogP contribution in [0.5, 0.6) is 0 Å². The summed E-state index contributed by atoms with van der Waals surface area (Å²) in [6.07, 6.45) is 2.15. The molecular weight excluding hydrogens is 202 g/mol. The molecule has 1 amide bonds. The highest BCUT2D eigenvalue weighted by Gasteiger charge is 2.03. The number of hydrogen-bond acceptors (Lipinski definition) is 3. The van der Waals surface area contributed by atoms with Gasteiger partial charge < -0.3 is 5.73 Å². The molecule has 1 aromatic rings. The van der Waals surface area contributed by atoms with E-state index in [9.17, 15) is 4.79 Å². The van der Waals surface area contributed by atoms with Gasteiger partial charge in [-0.1, -0.05) is 25.5 Å². The molecule has 1 aromatic carbocycles. The third kappa shape index (κ3) is 4.00. The first kappa shape index (κ1) is 12.7. The highest BCUT2D eigenvalue weighted by atomic mass is 16.2. The van der Waals surface area contributed by atoms with E-state index in [1.165, 1.54) is 0 Å². The van der Waals surface area contributed by atoms with E-state index in [0.717, 1.165) is 24.9 Å². The molecule has 16 heavy (non-hydrogen) atoms. The summed E-state index contributed by atoms with van der Waals surface area (Å²) in [5, 5.41) is 0. The summed E-state index contributed by atoms with van der Waals surface area (Å²) in [5.41, 5.74) is 12.7. The van der Waals surface area contributed by atoms with Crippen LogP contribution in [0, 0.1) is 0 Å². The summed E-state index contributed by atoms with van der Waals surface area (Å²) < 4.78 is 0. The molecular formula is C12H19N3O. The van der Waals surface area contributed by atoms with Crippen molar-refractivity contribution in [2.24, 2.45) is 5.73 Å². The lowest BCUT2D eigenvalue weighted by molar-refractivity contribution is 0.0933. The van der Waals surface area contributed by atoms with Crippen molar-refractivity contribution in [2.45, 2.75) is 26.3 Å². The first-order valence-corrected chi connectivity index (χ1v) is 5.60. The van der Waals surface area contributed by atoms with Crippen LogP contribution in [0.1, 0.15) is 35.7 Å². The molecule has 0 aliphatic rings. The van der Waals surface area contributed by atoms with Gasteiger partial charge in [0.15, 0.2) is 0 Å². The first-order chi connectivity index (χ1) is 7.77. The van der Waals surface area contributed by atoms with Gasteiger partial charge in [-0.25, -0.2) is 5.43 Å². The number of nitrogens with one attached hydrogen (secondary N) is 2. The van der Waals surface area contributed by atoms with Gasteiger partial charge in [0.05, 0.1) is 0 Å². The summed E-state index contributed by atoms with van der Waals surface area (Å²) in [6, 6.07) is 7.28. The summed E-state index contributed by atoms with van der Waals surface area (Å²) in [7, 11) is 0. The van der Waals surface area contributed by atoms with Crippen molar-refractivity contribution < 1.29 is 4.79 Å². The van der Waals surface area contributed by atoms with Crippen molar-refractivity contribution >= 4 is 5.91 Å². The topological polar surface area (TPSA) is 67.1 Å². The molecule has 0 saturated heterocycles. The minimum absolute atomic E-state index is 0.111. The molecule has 0 atom stereocenters. The quantitative estimate of drug-likeness (QED) is 0.499. The van der Waals surface area contributed by atoms with E-state index in [0.29, 0.717) is 12.1 Å². The summed E-state index contributed by atoms with van der Waals surface area (Å²) in [4.78, 5) is 11.6. The first-order valence-electron chi connectivity index (χ1n) is 5.60. The molecule has 0 aliphatic carbocycles. The van der Waals surface area contributed by atoms with Gasteiger partial charge in [-0.05, 0) is 24.1 Å². The molecule has 0 aromatic heterocycles. The molecule has 0 aliphatic heterocycles. The average molecular weight is 221 g/mol. The second kappa shape index (κ2) is 6.98. The van der Waals surface area contributed by atoms with Crippen molar-refractivity contribution in [3.8, 4) is 0 Å². The van der Waals surface area contributed by atoms with Gasteiger partial charge in [0.25, 0.3) is 5.91 Å². The Kier molecular flexibility index (Phi) is 5.53. The van der Waals surface area contributed by atoms with Crippen LogP contribution in [0.25, 0.3) is 0 Å². The number of unbranched alkanes of at least 4 members (excludes halogenated alkanes) is 1. The van der Waals surface area contributed by atoms with Crippen LogP contribution in [0.15, 0.2) is 24.3 Å². The largest absolute Gasteiger partial charge is 0.326 e. The Morgan fingerprint density at radius 1 is 1.31 bits per heavy atom. The fourth-order valence-corrected chi connectivity index (χ4v) is 1.27. The standard InChI is InChI=1S/C12H19N3O/c1-2-3-8-14-15-12(16)11-6-4-10(9-13)5-7-11/h4-7,14H,2-3,8-9,13H2,1H3,(H,15,16). The third-order valence-corrected chi connectivity index (χ3v) is 2.31. The van der Waals surface area contributed by atoms with Gasteiger partial charge in [0, 0.05) is 18.7 Å². The highest BCUT2D eigenvalue weighted by Crippen LogP contribution is 2.03. The SMILES string of the molecule is CCCCNNC(=O)c1ccc(CN)cc1. The van der Waals surface area contributed by atoms with E-state index in [1.54, 1.807) is 12.1 Å². The van der Waals surface area contributed by atoms with Gasteiger partial charge in [-0.2, -0.15) is 0 Å². The molecule has 4 nitrogen and oxygen atoms in total. The van der Waals surface area contributed by atoms with Crippen molar-refractivity contribution in [1.82, 2.24) is 10.9 Å². The number of nitrogens with two attached hydrogens (primary N) is 1. The average Bonchev–Trinajstić information content (AvgIpc) is 2.34. The molecule has 0 radical (unpaired) electrons. The predicted molar refractivity (Wildman–Crippen MR) is 64.7 cm³/mol. The maximum atomic E-state index is 11.6. The van der Waals surface area contributed by atoms with E-state index in [2.05, 4.69) is 17.8 Å². The lowest BCUT2D eigenvalue weighted by Crippen LogP contribution is -2.37. The molecule has 0 fully saturated rings. The second-order valence-corrected chi connectivity index (χ2v) is 3.64. The van der Waals surface area contributed by atoms with E-state index in [4.69, 9.17) is 5.73 Å². The molecule has 4 heteroatoms. The number of rotatable bonds is 6. The van der Waals surface area contributed by atoms with Crippen molar-refractivity contribution in [3.05, 3.63) is 35.4 Å². The van der Waals surface area contributed by atoms with Crippen LogP contribution in [-0.4, -0.2) is 12.5 Å². The Morgan fingerprint density at radius 2 is 2.00 bits per heavy atom. The fraction of sp³-hybridized carbons (Fsp3) is 0.417. The molecule has 4 N–H and O–H groups in total. The van der Waals surface area contributed by atoms with Crippen molar-refractivity contribution in [1.29, 1.82) is 0 Å². The Labute approximate surface area is 96.2 Å². The second-order valence-electron chi connectivity index (χ2n) is 3.64. The van der Waals surface area contributed by atoms with E-state index >= 15 is 0 Å². The van der Waals surface area contributed by atoms with Crippen LogP contribution in [0.3, 0.4) is 0 Å². The third-order valence-electron chi connectivity index (χ3n) is 2.31. The monoisotopic (exact) mass is 221 g/mol. The summed E-state index contributed by atoms with van der Waals surface area (Å²) >= 11 is 0. The van der Waals surface area contributed by atoms with E-state index in [1.807, 2.05) is 12.1 Å². The zero-order valence-corrected chi connectivity index (χ0v) is 9.62. The van der Waals surface area contributed by atoms with Crippen LogP contribution >= 0.6 is 0 Å². The molecule has 0 bridgehead atoms. The van der Waals surface area contributed by atoms with Crippen LogP contribution in [-0.2, 0) is 6.54 Å². The molecule has 88 valence electrons. The number of amides is 1. The predicted octanol–water partition coefficient (Wildman–Crippen LogP) is 1.18. The van der Waals surface area contributed by atoms with Gasteiger partial charge in [0.2, 0.25) is 0 Å². The maximum absolute atomic E-state index is 11.6. The maximum Gasteiger partial charge on any atom is 0.265 e. The van der Waals surface area contributed by atoms with E-state index < -0.39 is 0 Å². The van der Waals surface area contributed by atoms with Gasteiger partial charge >= 0.3 is 0 Å². The number of hydrogen-bond donors (Lipinski definition) is 3. The Balaban J connectivity index is 2.40. The number of carbonyl (C=O) groups is 1. The minimum atomic E-state index is -0.111. The smallest absolute Gasteiger partial charge is 0.265 e.